The molecule has 2 nitrogen and oxygen atoms in total. The quantitative estimate of drug-likeness (QED) is 0.483. The van der Waals surface area contributed by atoms with Gasteiger partial charge in [-0.1, -0.05) is 12.2 Å². The van der Waals surface area contributed by atoms with E-state index in [-0.39, 0.29) is 0 Å². The van der Waals surface area contributed by atoms with E-state index in [1.165, 1.54) is 5.49 Å². The van der Waals surface area contributed by atoms with E-state index in [0.29, 0.717) is 12.1 Å². The van der Waals surface area contributed by atoms with Crippen LogP contribution in [0, 0.1) is 0 Å². The van der Waals surface area contributed by atoms with Crippen molar-refractivity contribution in [2.24, 2.45) is 5.73 Å². The lowest BCUT2D eigenvalue weighted by Crippen LogP contribution is -2.19. The SMILES string of the molecule is NC1CC1NC=S. The van der Waals surface area contributed by atoms with Gasteiger partial charge in [0.1, 0.15) is 0 Å². The Morgan fingerprint density at radius 1 is 1.86 bits per heavy atom. The Hall–Kier alpha value is -0.150. The number of thiocarbonyl (C=S) groups is 1. The van der Waals surface area contributed by atoms with Crippen molar-refractivity contribution in [1.82, 2.24) is 5.32 Å². The van der Waals surface area contributed by atoms with Crippen molar-refractivity contribution < 1.29 is 0 Å². The Labute approximate surface area is 48.1 Å². The van der Waals surface area contributed by atoms with Crippen LogP contribution < -0.4 is 11.1 Å². The molecule has 1 fully saturated rings. The average Bonchev–Trinajstić information content (AvgIpc) is 2.22. The van der Waals surface area contributed by atoms with Crippen LogP contribution in [0.2, 0.25) is 0 Å². The standard InChI is InChI=1S/C4H8N2S/c5-3-1-4(3)6-2-7/h2-4H,1,5H2,(H,6,7). The number of rotatable bonds is 2. The third kappa shape index (κ3) is 1.11. The van der Waals surface area contributed by atoms with E-state index in [4.69, 9.17) is 5.73 Å². The fourth-order valence-electron chi connectivity index (χ4n) is 0.494. The monoisotopic (exact) mass is 116 g/mol. The first-order valence-corrected chi connectivity index (χ1v) is 2.77. The number of nitrogens with two attached hydrogens (primary N) is 1. The van der Waals surface area contributed by atoms with Gasteiger partial charge in [0.2, 0.25) is 0 Å². The third-order valence-corrected chi connectivity index (χ3v) is 1.26. The first-order valence-electron chi connectivity index (χ1n) is 2.30. The second-order valence-corrected chi connectivity index (χ2v) is 2.03. The van der Waals surface area contributed by atoms with Crippen LogP contribution >= 0.6 is 12.2 Å². The molecule has 1 rings (SSSR count). The molecule has 0 aromatic carbocycles. The Balaban J connectivity index is 2.08. The molecule has 40 valence electrons. The molecule has 1 saturated carbocycles. The van der Waals surface area contributed by atoms with Crippen molar-refractivity contribution in [1.29, 1.82) is 0 Å². The molecule has 0 heterocycles. The van der Waals surface area contributed by atoms with Crippen LogP contribution in [0.25, 0.3) is 0 Å². The fraction of sp³-hybridized carbons (Fsp3) is 0.750. The topological polar surface area (TPSA) is 38.0 Å². The molecule has 0 saturated heterocycles. The molecule has 0 spiro atoms. The van der Waals surface area contributed by atoms with Gasteiger partial charge in [-0.25, -0.2) is 0 Å². The summed E-state index contributed by atoms with van der Waals surface area (Å²) in [7, 11) is 0. The van der Waals surface area contributed by atoms with Gasteiger partial charge >= 0.3 is 0 Å². The Kier molecular flexibility index (Phi) is 1.25. The lowest BCUT2D eigenvalue weighted by molar-refractivity contribution is 0.877. The maximum absolute atomic E-state index is 5.42. The first kappa shape index (κ1) is 5.00. The normalized spacial score (nSPS) is 37.3. The van der Waals surface area contributed by atoms with Gasteiger partial charge in [0.25, 0.3) is 0 Å². The molecule has 7 heavy (non-hydrogen) atoms. The van der Waals surface area contributed by atoms with E-state index in [9.17, 15) is 0 Å². The second-order valence-electron chi connectivity index (χ2n) is 1.79. The smallest absolute Gasteiger partial charge is 0.0617 e. The Morgan fingerprint density at radius 2 is 2.43 bits per heavy atom. The summed E-state index contributed by atoms with van der Waals surface area (Å²) in [4.78, 5) is 0. The Bertz CT molecular complexity index is 83.8. The van der Waals surface area contributed by atoms with Crippen molar-refractivity contribution in [2.75, 3.05) is 0 Å². The van der Waals surface area contributed by atoms with Crippen LogP contribution in [0.4, 0.5) is 0 Å². The van der Waals surface area contributed by atoms with Crippen molar-refractivity contribution in [3.05, 3.63) is 0 Å². The highest BCUT2D eigenvalue weighted by Crippen LogP contribution is 2.16. The molecule has 0 aromatic rings. The Morgan fingerprint density at radius 3 is 2.57 bits per heavy atom. The summed E-state index contributed by atoms with van der Waals surface area (Å²) in [5.41, 5.74) is 6.95. The summed E-state index contributed by atoms with van der Waals surface area (Å²) >= 11 is 4.53. The fourth-order valence-corrected chi connectivity index (χ4v) is 0.668. The van der Waals surface area contributed by atoms with E-state index in [2.05, 4.69) is 17.5 Å². The first-order chi connectivity index (χ1) is 3.34. The molecule has 2 atom stereocenters. The van der Waals surface area contributed by atoms with Crippen LogP contribution in [-0.2, 0) is 0 Å². The van der Waals surface area contributed by atoms with Crippen molar-refractivity contribution in [3.8, 4) is 0 Å². The van der Waals surface area contributed by atoms with Crippen molar-refractivity contribution in [2.45, 2.75) is 18.5 Å². The molecule has 3 N–H and O–H groups in total. The molecular weight excluding hydrogens is 108 g/mol. The zero-order valence-corrected chi connectivity index (χ0v) is 4.74. The highest BCUT2D eigenvalue weighted by molar-refractivity contribution is 7.78. The van der Waals surface area contributed by atoms with Crippen LogP contribution in [0.15, 0.2) is 0 Å². The summed E-state index contributed by atoms with van der Waals surface area (Å²) < 4.78 is 0. The van der Waals surface area contributed by atoms with Crippen LogP contribution in [0.5, 0.6) is 0 Å². The number of hydrogen-bond donors (Lipinski definition) is 2. The molecular formula is C4H8N2S. The van der Waals surface area contributed by atoms with Gasteiger partial charge in [0.05, 0.1) is 5.49 Å². The number of nitrogens with one attached hydrogen (secondary N) is 1. The van der Waals surface area contributed by atoms with Gasteiger partial charge in [0, 0.05) is 12.1 Å². The molecule has 0 amide bonds. The zero-order valence-electron chi connectivity index (χ0n) is 3.92. The van der Waals surface area contributed by atoms with Crippen LogP contribution in [-0.4, -0.2) is 17.6 Å². The molecule has 1 aliphatic carbocycles. The van der Waals surface area contributed by atoms with E-state index in [0.717, 1.165) is 6.42 Å². The van der Waals surface area contributed by atoms with Crippen LogP contribution in [0.3, 0.4) is 0 Å². The second kappa shape index (κ2) is 1.76. The minimum absolute atomic E-state index is 0.360. The lowest BCUT2D eigenvalue weighted by atomic mass is 10.7. The minimum Gasteiger partial charge on any atom is -0.378 e. The average molecular weight is 116 g/mol. The summed E-state index contributed by atoms with van der Waals surface area (Å²) in [6.45, 7) is 0. The lowest BCUT2D eigenvalue weighted by Gasteiger charge is -1.88. The van der Waals surface area contributed by atoms with Gasteiger partial charge in [0.15, 0.2) is 0 Å². The summed E-state index contributed by atoms with van der Waals surface area (Å²) in [5, 5.41) is 2.93. The molecule has 0 aromatic heterocycles. The van der Waals surface area contributed by atoms with Gasteiger partial charge in [-0.15, -0.1) is 0 Å². The van der Waals surface area contributed by atoms with Gasteiger partial charge < -0.3 is 11.1 Å². The van der Waals surface area contributed by atoms with E-state index >= 15 is 0 Å². The molecule has 0 bridgehead atoms. The van der Waals surface area contributed by atoms with E-state index in [1.54, 1.807) is 0 Å². The summed E-state index contributed by atoms with van der Waals surface area (Å²) in [6, 6.07) is 0.844. The van der Waals surface area contributed by atoms with Crippen LogP contribution in [0.1, 0.15) is 6.42 Å². The predicted octanol–water partition coefficient (Wildman–Crippen LogP) is -0.367. The van der Waals surface area contributed by atoms with Gasteiger partial charge in [-0.2, -0.15) is 0 Å². The zero-order chi connectivity index (χ0) is 5.28. The van der Waals surface area contributed by atoms with Crippen molar-refractivity contribution >= 4 is 17.7 Å². The molecule has 0 radical (unpaired) electrons. The molecule has 0 aliphatic heterocycles. The van der Waals surface area contributed by atoms with Gasteiger partial charge in [-0.3, -0.25) is 0 Å². The maximum atomic E-state index is 5.42. The van der Waals surface area contributed by atoms with E-state index < -0.39 is 0 Å². The highest BCUT2D eigenvalue weighted by Gasteiger charge is 2.31. The number of hydrogen-bond acceptors (Lipinski definition) is 2. The maximum Gasteiger partial charge on any atom is 0.0617 e. The van der Waals surface area contributed by atoms with E-state index in [1.807, 2.05) is 0 Å². The van der Waals surface area contributed by atoms with Crippen molar-refractivity contribution in [3.63, 3.8) is 0 Å². The largest absolute Gasteiger partial charge is 0.378 e. The molecule has 3 heteroatoms. The summed E-state index contributed by atoms with van der Waals surface area (Å²) in [5.74, 6) is 0. The third-order valence-electron chi connectivity index (χ3n) is 1.12. The highest BCUT2D eigenvalue weighted by atomic mass is 32.1. The molecule has 1 aliphatic rings. The van der Waals surface area contributed by atoms with Gasteiger partial charge in [-0.05, 0) is 6.42 Å². The summed E-state index contributed by atoms with van der Waals surface area (Å²) in [6.07, 6.45) is 1.08. The predicted molar refractivity (Wildman–Crippen MR) is 33.2 cm³/mol. The molecule has 2 unspecified atom stereocenters. The minimum atomic E-state index is 0.360.